The smallest absolute Gasteiger partial charge is 0.228 e. The van der Waals surface area contributed by atoms with E-state index in [0.717, 1.165) is 18.2 Å². The molecule has 2 aromatic carbocycles. The highest BCUT2D eigenvalue weighted by Crippen LogP contribution is 2.27. The molecule has 0 saturated carbocycles. The van der Waals surface area contributed by atoms with Gasteiger partial charge in [0.1, 0.15) is 11.6 Å². The largest absolute Gasteiger partial charge is 0.326 e. The second-order valence-electron chi connectivity index (χ2n) is 5.04. The van der Waals surface area contributed by atoms with Gasteiger partial charge in [0, 0.05) is 11.3 Å². The van der Waals surface area contributed by atoms with Gasteiger partial charge in [0.15, 0.2) is 9.84 Å². The number of anilines is 1. The Morgan fingerprint density at radius 2 is 1.86 bits per heavy atom. The van der Waals surface area contributed by atoms with Gasteiger partial charge in [0.05, 0.1) is 17.1 Å². The summed E-state index contributed by atoms with van der Waals surface area (Å²) in [6, 6.07) is 6.92. The molecule has 4 nitrogen and oxygen atoms in total. The maximum Gasteiger partial charge on any atom is 0.228 e. The highest BCUT2D eigenvalue weighted by atomic mass is 32.2. The molecule has 0 atom stereocenters. The van der Waals surface area contributed by atoms with Crippen LogP contribution < -0.4 is 5.32 Å². The van der Waals surface area contributed by atoms with Crippen molar-refractivity contribution in [3.05, 3.63) is 59.2 Å². The number of carbonyl (C=O) groups excluding carboxylic acids is 1. The summed E-state index contributed by atoms with van der Waals surface area (Å²) >= 11 is 0. The minimum Gasteiger partial charge on any atom is -0.326 e. The van der Waals surface area contributed by atoms with Crippen LogP contribution in [0.15, 0.2) is 41.3 Å². The van der Waals surface area contributed by atoms with E-state index >= 15 is 0 Å². The van der Waals surface area contributed by atoms with Crippen LogP contribution in [0, 0.1) is 11.6 Å². The normalized spacial score (nSPS) is 13.8. The third-order valence-corrected chi connectivity index (χ3v) is 5.08. The highest BCUT2D eigenvalue weighted by molar-refractivity contribution is 7.90. The molecule has 114 valence electrons. The van der Waals surface area contributed by atoms with E-state index in [0.29, 0.717) is 11.3 Å². The summed E-state index contributed by atoms with van der Waals surface area (Å²) in [5, 5.41) is 2.60. The van der Waals surface area contributed by atoms with E-state index in [1.165, 1.54) is 18.2 Å². The van der Waals surface area contributed by atoms with Crippen molar-refractivity contribution in [2.24, 2.45) is 0 Å². The van der Waals surface area contributed by atoms with Crippen LogP contribution in [0.1, 0.15) is 11.1 Å². The van der Waals surface area contributed by atoms with Crippen LogP contribution >= 0.6 is 0 Å². The molecule has 7 heteroatoms. The molecule has 0 aliphatic carbocycles. The molecule has 0 bridgehead atoms. The molecule has 22 heavy (non-hydrogen) atoms. The minimum absolute atomic E-state index is 0.0218. The monoisotopic (exact) mass is 323 g/mol. The lowest BCUT2D eigenvalue weighted by atomic mass is 10.2. The zero-order valence-electron chi connectivity index (χ0n) is 11.3. The first kappa shape index (κ1) is 14.6. The Morgan fingerprint density at radius 3 is 2.64 bits per heavy atom. The van der Waals surface area contributed by atoms with Gasteiger partial charge in [0.2, 0.25) is 5.91 Å². The molecule has 1 amide bonds. The van der Waals surface area contributed by atoms with Gasteiger partial charge < -0.3 is 5.32 Å². The number of fused-ring (bicyclic) bond motifs is 1. The van der Waals surface area contributed by atoms with Gasteiger partial charge in [-0.05, 0) is 42.0 Å². The summed E-state index contributed by atoms with van der Waals surface area (Å²) in [6.45, 7) is 0. The van der Waals surface area contributed by atoms with Gasteiger partial charge >= 0.3 is 0 Å². The minimum atomic E-state index is -3.84. The second kappa shape index (κ2) is 5.17. The van der Waals surface area contributed by atoms with E-state index in [9.17, 15) is 22.0 Å². The lowest BCUT2D eigenvalue weighted by molar-refractivity contribution is -0.115. The van der Waals surface area contributed by atoms with Crippen molar-refractivity contribution < 1.29 is 22.0 Å². The van der Waals surface area contributed by atoms with Gasteiger partial charge in [0.25, 0.3) is 0 Å². The van der Waals surface area contributed by atoms with Gasteiger partial charge in [-0.25, -0.2) is 17.2 Å². The number of halogens is 2. The number of carbonyl (C=O) groups is 1. The fraction of sp³-hybridized carbons (Fsp3) is 0.133. The van der Waals surface area contributed by atoms with Crippen molar-refractivity contribution >= 4 is 21.4 Å². The molecule has 0 aromatic heterocycles. The Morgan fingerprint density at radius 1 is 1.09 bits per heavy atom. The van der Waals surface area contributed by atoms with Crippen molar-refractivity contribution in [3.8, 4) is 0 Å². The lowest BCUT2D eigenvalue weighted by Gasteiger charge is -2.07. The molecule has 1 aliphatic rings. The summed E-state index contributed by atoms with van der Waals surface area (Å²) in [4.78, 5) is 11.3. The molecule has 2 aromatic rings. The van der Waals surface area contributed by atoms with Crippen molar-refractivity contribution in [2.75, 3.05) is 5.32 Å². The maximum absolute atomic E-state index is 13.6. The van der Waals surface area contributed by atoms with Crippen molar-refractivity contribution in [2.45, 2.75) is 17.1 Å². The van der Waals surface area contributed by atoms with Crippen LogP contribution in [-0.4, -0.2) is 14.3 Å². The third-order valence-electron chi connectivity index (χ3n) is 3.41. The first-order chi connectivity index (χ1) is 10.3. The van der Waals surface area contributed by atoms with Gasteiger partial charge in [-0.3, -0.25) is 4.79 Å². The predicted octanol–water partition coefficient (Wildman–Crippen LogP) is 2.43. The summed E-state index contributed by atoms with van der Waals surface area (Å²) in [7, 11) is -3.84. The quantitative estimate of drug-likeness (QED) is 0.943. The molecule has 1 heterocycles. The predicted molar refractivity (Wildman–Crippen MR) is 76.0 cm³/mol. The molecule has 0 saturated heterocycles. The van der Waals surface area contributed by atoms with Crippen molar-refractivity contribution in [3.63, 3.8) is 0 Å². The molecule has 0 unspecified atom stereocenters. The molecular formula is C15H11F2NO3S. The molecular weight excluding hydrogens is 312 g/mol. The number of hydrogen-bond acceptors (Lipinski definition) is 3. The topological polar surface area (TPSA) is 63.2 Å². The summed E-state index contributed by atoms with van der Waals surface area (Å²) in [5.74, 6) is -2.32. The Balaban J connectivity index is 1.95. The van der Waals surface area contributed by atoms with Crippen LogP contribution in [0.3, 0.4) is 0 Å². The van der Waals surface area contributed by atoms with Crippen LogP contribution in [-0.2, 0) is 26.8 Å². The zero-order valence-corrected chi connectivity index (χ0v) is 12.1. The Hall–Kier alpha value is -2.28. The first-order valence-electron chi connectivity index (χ1n) is 6.44. The van der Waals surface area contributed by atoms with E-state index in [2.05, 4.69) is 5.32 Å². The van der Waals surface area contributed by atoms with E-state index in [1.54, 1.807) is 0 Å². The van der Waals surface area contributed by atoms with E-state index < -0.39 is 27.2 Å². The standard InChI is InChI=1S/C15H11F2NO3S/c16-11-1-3-13(17)10(5-11)8-22(20,21)12-2-4-14-9(6-12)7-15(19)18-14/h1-6H,7-8H2,(H,18,19). The molecule has 3 rings (SSSR count). The third kappa shape index (κ3) is 2.71. The van der Waals surface area contributed by atoms with Crippen LogP contribution in [0.5, 0.6) is 0 Å². The fourth-order valence-electron chi connectivity index (χ4n) is 2.34. The number of nitrogens with one attached hydrogen (secondary N) is 1. The summed E-state index contributed by atoms with van der Waals surface area (Å²) in [5.41, 5.74) is 0.918. The van der Waals surface area contributed by atoms with Crippen molar-refractivity contribution in [1.82, 2.24) is 0 Å². The Labute approximate surface area is 125 Å². The highest BCUT2D eigenvalue weighted by Gasteiger charge is 2.23. The van der Waals surface area contributed by atoms with E-state index in [1.807, 2.05) is 0 Å². The molecule has 0 fully saturated rings. The Kier molecular flexibility index (Phi) is 3.44. The van der Waals surface area contributed by atoms with Crippen LogP contribution in [0.25, 0.3) is 0 Å². The van der Waals surface area contributed by atoms with E-state index in [-0.39, 0.29) is 22.8 Å². The molecule has 1 N–H and O–H groups in total. The fourth-order valence-corrected chi connectivity index (χ4v) is 3.74. The van der Waals surface area contributed by atoms with Gasteiger partial charge in [-0.15, -0.1) is 0 Å². The van der Waals surface area contributed by atoms with Crippen LogP contribution in [0.2, 0.25) is 0 Å². The lowest BCUT2D eigenvalue weighted by Crippen LogP contribution is -2.07. The SMILES string of the molecule is O=C1Cc2cc(S(=O)(=O)Cc3cc(F)ccc3F)ccc2N1. The molecule has 0 radical (unpaired) electrons. The van der Waals surface area contributed by atoms with Gasteiger partial charge in [-0.1, -0.05) is 0 Å². The van der Waals surface area contributed by atoms with Gasteiger partial charge in [-0.2, -0.15) is 0 Å². The molecule has 0 spiro atoms. The van der Waals surface area contributed by atoms with Crippen molar-refractivity contribution in [1.29, 1.82) is 0 Å². The summed E-state index contributed by atoms with van der Waals surface area (Å²) < 4.78 is 51.4. The number of hydrogen-bond donors (Lipinski definition) is 1. The van der Waals surface area contributed by atoms with Crippen LogP contribution in [0.4, 0.5) is 14.5 Å². The summed E-state index contributed by atoms with van der Waals surface area (Å²) in [6.07, 6.45) is 0.104. The number of rotatable bonds is 3. The van der Waals surface area contributed by atoms with E-state index in [4.69, 9.17) is 0 Å². The average molecular weight is 323 g/mol. The zero-order chi connectivity index (χ0) is 15.9. The second-order valence-corrected chi connectivity index (χ2v) is 7.03. The number of amides is 1. The first-order valence-corrected chi connectivity index (χ1v) is 8.10. The average Bonchev–Trinajstić information content (AvgIpc) is 2.81. The number of sulfone groups is 1. The molecule has 1 aliphatic heterocycles. The maximum atomic E-state index is 13.6. The number of benzene rings is 2. The Bertz CT molecular complexity index is 878.